The van der Waals surface area contributed by atoms with Gasteiger partial charge < -0.3 is 9.30 Å². The Morgan fingerprint density at radius 3 is 2.20 bits per heavy atom. The molecule has 4 heteroatoms. The molecule has 0 atom stereocenters. The van der Waals surface area contributed by atoms with Crippen LogP contribution in [0.15, 0.2) is 97.3 Å². The predicted octanol–water partition coefficient (Wildman–Crippen LogP) is 5.13. The lowest BCUT2D eigenvalue weighted by Crippen LogP contribution is -2.26. The lowest BCUT2D eigenvalue weighted by Gasteiger charge is -2.23. The van der Waals surface area contributed by atoms with Crippen molar-refractivity contribution in [2.75, 3.05) is 13.7 Å². The molecule has 0 saturated carbocycles. The highest BCUT2D eigenvalue weighted by Crippen LogP contribution is 2.18. The van der Waals surface area contributed by atoms with Gasteiger partial charge in [0.15, 0.2) is 0 Å². The zero-order chi connectivity index (χ0) is 20.6. The number of methoxy groups -OCH3 is 1. The smallest absolute Gasteiger partial charge is 0.213 e. The topological polar surface area (TPSA) is 30.3 Å². The van der Waals surface area contributed by atoms with E-state index in [0.29, 0.717) is 5.88 Å². The van der Waals surface area contributed by atoms with E-state index in [1.54, 1.807) is 7.11 Å². The number of ether oxygens (including phenoxy) is 1. The van der Waals surface area contributed by atoms with Gasteiger partial charge in [0, 0.05) is 37.6 Å². The first-order valence-corrected chi connectivity index (χ1v) is 10.3. The van der Waals surface area contributed by atoms with Gasteiger partial charge in [-0.1, -0.05) is 60.7 Å². The highest BCUT2D eigenvalue weighted by atomic mass is 16.5. The number of rotatable bonds is 9. The van der Waals surface area contributed by atoms with E-state index in [1.807, 2.05) is 18.3 Å². The van der Waals surface area contributed by atoms with Crippen LogP contribution in [0.2, 0.25) is 0 Å². The highest BCUT2D eigenvalue weighted by Gasteiger charge is 2.12. The molecule has 0 aliphatic carbocycles. The summed E-state index contributed by atoms with van der Waals surface area (Å²) in [6.45, 7) is 2.77. The summed E-state index contributed by atoms with van der Waals surface area (Å²) in [5.41, 5.74) is 4.98. The van der Waals surface area contributed by atoms with E-state index >= 15 is 0 Å². The first-order chi connectivity index (χ1) is 14.8. The first kappa shape index (κ1) is 19.9. The summed E-state index contributed by atoms with van der Waals surface area (Å²) in [6, 6.07) is 29.6. The fourth-order valence-corrected chi connectivity index (χ4v) is 3.65. The van der Waals surface area contributed by atoms with E-state index in [2.05, 4.69) is 93.4 Å². The number of aromatic nitrogens is 2. The van der Waals surface area contributed by atoms with E-state index in [-0.39, 0.29) is 0 Å². The summed E-state index contributed by atoms with van der Waals surface area (Å²) in [5.74, 6) is 0.626. The van der Waals surface area contributed by atoms with E-state index in [9.17, 15) is 0 Å². The van der Waals surface area contributed by atoms with Gasteiger partial charge in [-0.05, 0) is 35.7 Å². The predicted molar refractivity (Wildman–Crippen MR) is 121 cm³/mol. The van der Waals surface area contributed by atoms with Gasteiger partial charge >= 0.3 is 0 Å². The summed E-state index contributed by atoms with van der Waals surface area (Å²) in [7, 11) is 1.64. The zero-order valence-corrected chi connectivity index (χ0v) is 17.3. The monoisotopic (exact) mass is 397 g/mol. The number of hydrogen-bond donors (Lipinski definition) is 0. The number of hydrogen-bond acceptors (Lipinski definition) is 3. The van der Waals surface area contributed by atoms with Gasteiger partial charge in [-0.3, -0.25) is 4.90 Å². The van der Waals surface area contributed by atoms with Crippen LogP contribution in [-0.2, 0) is 19.5 Å². The number of benzene rings is 2. The summed E-state index contributed by atoms with van der Waals surface area (Å²) < 4.78 is 7.39. The molecule has 0 aliphatic rings. The molecule has 30 heavy (non-hydrogen) atoms. The van der Waals surface area contributed by atoms with Gasteiger partial charge in [0.05, 0.1) is 19.0 Å². The molecule has 4 nitrogen and oxygen atoms in total. The normalized spacial score (nSPS) is 11.0. The van der Waals surface area contributed by atoms with Crippen LogP contribution in [0.1, 0.15) is 16.8 Å². The Bertz CT molecular complexity index is 1030. The Kier molecular flexibility index (Phi) is 6.58. The van der Waals surface area contributed by atoms with E-state index < -0.39 is 0 Å². The van der Waals surface area contributed by atoms with Gasteiger partial charge in [-0.25, -0.2) is 4.98 Å². The molecular formula is C26H27N3O. The highest BCUT2D eigenvalue weighted by molar-refractivity contribution is 5.34. The minimum absolute atomic E-state index is 0.626. The van der Waals surface area contributed by atoms with Crippen molar-refractivity contribution in [3.05, 3.63) is 114 Å². The maximum absolute atomic E-state index is 5.19. The lowest BCUT2D eigenvalue weighted by molar-refractivity contribution is 0.255. The Balaban J connectivity index is 1.53. The van der Waals surface area contributed by atoms with Gasteiger partial charge in [-0.2, -0.15) is 0 Å². The molecule has 152 valence electrons. The van der Waals surface area contributed by atoms with Crippen molar-refractivity contribution in [1.82, 2.24) is 14.5 Å². The van der Waals surface area contributed by atoms with E-state index in [1.165, 1.54) is 16.8 Å². The average Bonchev–Trinajstić information content (AvgIpc) is 3.27. The summed E-state index contributed by atoms with van der Waals surface area (Å²) in [6.07, 6.45) is 4.98. The van der Waals surface area contributed by atoms with E-state index in [0.717, 1.165) is 31.7 Å². The Morgan fingerprint density at radius 2 is 1.53 bits per heavy atom. The number of nitrogens with zero attached hydrogens (tertiary/aromatic N) is 3. The second-order valence-electron chi connectivity index (χ2n) is 7.36. The minimum Gasteiger partial charge on any atom is -0.481 e. The molecule has 0 saturated heterocycles. The molecule has 0 amide bonds. The molecule has 0 unspecified atom stereocenters. The second kappa shape index (κ2) is 9.90. The van der Waals surface area contributed by atoms with Crippen LogP contribution in [0.5, 0.6) is 5.88 Å². The molecule has 2 aromatic heterocycles. The summed E-state index contributed by atoms with van der Waals surface area (Å²) in [5, 5.41) is 0. The fourth-order valence-electron chi connectivity index (χ4n) is 3.65. The molecule has 0 aliphatic heterocycles. The molecule has 0 radical (unpaired) electrons. The third kappa shape index (κ3) is 5.16. The fraction of sp³-hybridized carbons (Fsp3) is 0.192. The van der Waals surface area contributed by atoms with Gasteiger partial charge in [-0.15, -0.1) is 0 Å². The first-order valence-electron chi connectivity index (χ1n) is 10.3. The van der Waals surface area contributed by atoms with Crippen molar-refractivity contribution in [3.63, 3.8) is 0 Å². The van der Waals surface area contributed by atoms with Crippen molar-refractivity contribution >= 4 is 0 Å². The quantitative estimate of drug-likeness (QED) is 0.392. The van der Waals surface area contributed by atoms with Crippen LogP contribution in [0.4, 0.5) is 0 Å². The van der Waals surface area contributed by atoms with Crippen molar-refractivity contribution in [2.45, 2.75) is 19.5 Å². The SMILES string of the molecule is COc1ccc(-n2cccc2CN(CCc2ccccc2)Cc2ccccc2)cn1. The van der Waals surface area contributed by atoms with Crippen LogP contribution in [0.3, 0.4) is 0 Å². The Hall–Kier alpha value is -3.37. The van der Waals surface area contributed by atoms with Crippen LogP contribution in [-0.4, -0.2) is 28.1 Å². The molecule has 0 fully saturated rings. The second-order valence-corrected chi connectivity index (χ2v) is 7.36. The molecule has 2 heterocycles. The third-order valence-corrected chi connectivity index (χ3v) is 5.24. The molecule has 4 aromatic rings. The van der Waals surface area contributed by atoms with Crippen molar-refractivity contribution in [2.24, 2.45) is 0 Å². The third-order valence-electron chi connectivity index (χ3n) is 5.24. The zero-order valence-electron chi connectivity index (χ0n) is 17.3. The lowest BCUT2D eigenvalue weighted by atomic mass is 10.1. The Labute approximate surface area is 178 Å². The summed E-state index contributed by atoms with van der Waals surface area (Å²) >= 11 is 0. The maximum atomic E-state index is 5.19. The average molecular weight is 398 g/mol. The molecular weight excluding hydrogens is 370 g/mol. The molecule has 4 rings (SSSR count). The maximum Gasteiger partial charge on any atom is 0.213 e. The molecule has 0 spiro atoms. The largest absolute Gasteiger partial charge is 0.481 e. The standard InChI is InChI=1S/C26H27N3O/c1-30-26-15-14-24(19-27-26)29-17-8-13-25(29)21-28(20-23-11-6-3-7-12-23)18-16-22-9-4-2-5-10-22/h2-15,17,19H,16,18,20-21H2,1H3. The Morgan fingerprint density at radius 1 is 0.800 bits per heavy atom. The number of pyridine rings is 1. The molecule has 0 N–H and O–H groups in total. The van der Waals surface area contributed by atoms with Gasteiger partial charge in [0.2, 0.25) is 5.88 Å². The van der Waals surface area contributed by atoms with Crippen molar-refractivity contribution < 1.29 is 4.74 Å². The van der Waals surface area contributed by atoms with Crippen LogP contribution in [0, 0.1) is 0 Å². The van der Waals surface area contributed by atoms with E-state index in [4.69, 9.17) is 4.74 Å². The van der Waals surface area contributed by atoms with Crippen molar-refractivity contribution in [3.8, 4) is 11.6 Å². The molecule has 0 bridgehead atoms. The van der Waals surface area contributed by atoms with Crippen LogP contribution < -0.4 is 4.74 Å². The molecule has 2 aromatic carbocycles. The van der Waals surface area contributed by atoms with Gasteiger partial charge in [0.1, 0.15) is 0 Å². The van der Waals surface area contributed by atoms with Gasteiger partial charge in [0.25, 0.3) is 0 Å². The van der Waals surface area contributed by atoms with Crippen LogP contribution in [0.25, 0.3) is 5.69 Å². The summed E-state index contributed by atoms with van der Waals surface area (Å²) in [4.78, 5) is 6.87. The van der Waals surface area contributed by atoms with Crippen LogP contribution >= 0.6 is 0 Å². The van der Waals surface area contributed by atoms with Crippen molar-refractivity contribution in [1.29, 1.82) is 0 Å². The minimum atomic E-state index is 0.626.